The predicted octanol–water partition coefficient (Wildman–Crippen LogP) is 5.76. The smallest absolute Gasteiger partial charge is 0.322 e. The van der Waals surface area contributed by atoms with E-state index in [0.717, 1.165) is 6.20 Å². The van der Waals surface area contributed by atoms with Crippen molar-refractivity contribution in [1.82, 2.24) is 9.78 Å². The van der Waals surface area contributed by atoms with E-state index in [-0.39, 0.29) is 10.7 Å². The fourth-order valence-electron chi connectivity index (χ4n) is 2.52. The maximum atomic E-state index is 13.7. The molecular formula is C18H12Cl2F3N3O. The number of carbonyl (C=O) groups excluding carboxylic acids is 1. The van der Waals surface area contributed by atoms with E-state index in [0.29, 0.717) is 21.0 Å². The van der Waals surface area contributed by atoms with Gasteiger partial charge in [0.15, 0.2) is 5.69 Å². The molecule has 0 radical (unpaired) electrons. The van der Waals surface area contributed by atoms with Crippen LogP contribution >= 0.6 is 23.2 Å². The lowest BCUT2D eigenvalue weighted by Crippen LogP contribution is -2.21. The summed E-state index contributed by atoms with van der Waals surface area (Å²) in [6.45, 7) is 1.65. The number of hydrogen-bond donors (Lipinski definition) is 1. The number of nitrogens with one attached hydrogen (secondary N) is 1. The number of halogens is 5. The van der Waals surface area contributed by atoms with E-state index in [9.17, 15) is 18.0 Å². The summed E-state index contributed by atoms with van der Waals surface area (Å²) in [5.74, 6) is -0.944. The number of aromatic nitrogens is 2. The van der Waals surface area contributed by atoms with E-state index in [4.69, 9.17) is 23.2 Å². The van der Waals surface area contributed by atoms with Crippen molar-refractivity contribution in [3.63, 3.8) is 0 Å². The number of amides is 1. The largest absolute Gasteiger partial charge is 0.434 e. The van der Waals surface area contributed by atoms with Gasteiger partial charge in [-0.3, -0.25) is 4.79 Å². The molecule has 0 unspecified atom stereocenters. The lowest BCUT2D eigenvalue weighted by atomic mass is 10.1. The highest BCUT2D eigenvalue weighted by atomic mass is 35.5. The Bertz CT molecular complexity index is 1020. The zero-order chi connectivity index (χ0) is 19.8. The second kappa shape index (κ2) is 7.25. The first-order chi connectivity index (χ1) is 12.7. The molecule has 1 N–H and O–H groups in total. The van der Waals surface area contributed by atoms with Gasteiger partial charge in [-0.25, -0.2) is 4.68 Å². The number of anilines is 1. The highest BCUT2D eigenvalue weighted by molar-refractivity contribution is 6.32. The quantitative estimate of drug-likeness (QED) is 0.593. The Labute approximate surface area is 162 Å². The van der Waals surface area contributed by atoms with Crippen LogP contribution in [0.5, 0.6) is 0 Å². The number of hydrogen-bond acceptors (Lipinski definition) is 2. The molecule has 1 heterocycles. The Morgan fingerprint density at radius 1 is 1.15 bits per heavy atom. The summed E-state index contributed by atoms with van der Waals surface area (Å²) in [5, 5.41) is 6.84. The van der Waals surface area contributed by atoms with Gasteiger partial charge in [0.05, 0.1) is 17.4 Å². The lowest BCUT2D eigenvalue weighted by Gasteiger charge is -2.14. The molecule has 0 bridgehead atoms. The third-order valence-electron chi connectivity index (χ3n) is 3.85. The van der Waals surface area contributed by atoms with Gasteiger partial charge < -0.3 is 5.32 Å². The Kier molecular flexibility index (Phi) is 5.17. The Morgan fingerprint density at radius 3 is 2.52 bits per heavy atom. The molecule has 0 aliphatic carbocycles. The SMILES string of the molecule is Cc1c(Cl)cccc1NC(=O)c1cnn(-c2cccc(Cl)c2)c1C(F)(F)F. The topological polar surface area (TPSA) is 46.9 Å². The molecule has 0 spiro atoms. The van der Waals surface area contributed by atoms with Crippen molar-refractivity contribution < 1.29 is 18.0 Å². The maximum Gasteiger partial charge on any atom is 0.434 e. The van der Waals surface area contributed by atoms with Crippen LogP contribution in [0.4, 0.5) is 18.9 Å². The van der Waals surface area contributed by atoms with E-state index in [1.165, 1.54) is 24.3 Å². The van der Waals surface area contributed by atoms with E-state index in [2.05, 4.69) is 10.4 Å². The molecule has 3 rings (SSSR count). The Hall–Kier alpha value is -2.51. The van der Waals surface area contributed by atoms with Crippen molar-refractivity contribution >= 4 is 34.8 Å². The molecule has 0 fully saturated rings. The van der Waals surface area contributed by atoms with Gasteiger partial charge in [-0.15, -0.1) is 0 Å². The summed E-state index contributed by atoms with van der Waals surface area (Å²) in [6, 6.07) is 10.5. The minimum absolute atomic E-state index is 0.0906. The highest BCUT2D eigenvalue weighted by Gasteiger charge is 2.40. The van der Waals surface area contributed by atoms with Crippen LogP contribution in [0.1, 0.15) is 21.6 Å². The number of alkyl halides is 3. The van der Waals surface area contributed by atoms with E-state index in [1.807, 2.05) is 0 Å². The van der Waals surface area contributed by atoms with Gasteiger partial charge in [-0.1, -0.05) is 35.3 Å². The summed E-state index contributed by atoms with van der Waals surface area (Å²) >= 11 is 11.8. The second-order valence-electron chi connectivity index (χ2n) is 5.66. The van der Waals surface area contributed by atoms with Gasteiger partial charge in [0.1, 0.15) is 0 Å². The number of benzene rings is 2. The van der Waals surface area contributed by atoms with Crippen LogP contribution in [-0.2, 0) is 6.18 Å². The van der Waals surface area contributed by atoms with Crippen molar-refractivity contribution in [2.24, 2.45) is 0 Å². The Morgan fingerprint density at radius 2 is 1.85 bits per heavy atom. The van der Waals surface area contributed by atoms with Crippen LogP contribution in [0, 0.1) is 6.92 Å². The van der Waals surface area contributed by atoms with Crippen LogP contribution in [0.15, 0.2) is 48.7 Å². The molecule has 9 heteroatoms. The minimum atomic E-state index is -4.81. The van der Waals surface area contributed by atoms with Crippen LogP contribution in [-0.4, -0.2) is 15.7 Å². The van der Waals surface area contributed by atoms with Crippen molar-refractivity contribution in [3.05, 3.63) is 75.5 Å². The standard InChI is InChI=1S/C18H12Cl2F3N3O/c1-10-14(20)6-3-7-15(10)25-17(27)13-9-24-26(16(13)18(21,22)23)12-5-2-4-11(19)8-12/h2-9H,1H3,(H,25,27). The Balaban J connectivity index is 2.05. The maximum absolute atomic E-state index is 13.7. The number of rotatable bonds is 3. The van der Waals surface area contributed by atoms with Crippen molar-refractivity contribution in [2.75, 3.05) is 5.32 Å². The van der Waals surface area contributed by atoms with Gasteiger partial charge in [0.25, 0.3) is 5.91 Å². The molecule has 3 aromatic rings. The molecule has 2 aromatic carbocycles. The summed E-state index contributed by atoms with van der Waals surface area (Å²) in [5.41, 5.74) is -0.851. The van der Waals surface area contributed by atoms with Crippen molar-refractivity contribution in [1.29, 1.82) is 0 Å². The molecule has 0 atom stereocenters. The number of nitrogens with zero attached hydrogens (tertiary/aromatic N) is 2. The highest BCUT2D eigenvalue weighted by Crippen LogP contribution is 2.34. The monoisotopic (exact) mass is 413 g/mol. The van der Waals surface area contributed by atoms with Gasteiger partial charge in [0, 0.05) is 15.7 Å². The average Bonchev–Trinajstić information content (AvgIpc) is 3.04. The van der Waals surface area contributed by atoms with Crippen LogP contribution < -0.4 is 5.32 Å². The van der Waals surface area contributed by atoms with Crippen LogP contribution in [0.3, 0.4) is 0 Å². The molecule has 0 aliphatic rings. The fourth-order valence-corrected chi connectivity index (χ4v) is 2.88. The van der Waals surface area contributed by atoms with E-state index < -0.39 is 23.3 Å². The minimum Gasteiger partial charge on any atom is -0.322 e. The molecule has 0 saturated carbocycles. The summed E-state index contributed by atoms with van der Waals surface area (Å²) in [6.07, 6.45) is -3.94. The third-order valence-corrected chi connectivity index (χ3v) is 4.50. The molecule has 27 heavy (non-hydrogen) atoms. The molecule has 140 valence electrons. The third kappa shape index (κ3) is 3.94. The second-order valence-corrected chi connectivity index (χ2v) is 6.51. The van der Waals surface area contributed by atoms with Crippen LogP contribution in [0.25, 0.3) is 5.69 Å². The molecule has 1 amide bonds. The fraction of sp³-hybridized carbons (Fsp3) is 0.111. The summed E-state index contributed by atoms with van der Waals surface area (Å²) < 4.78 is 41.7. The normalized spacial score (nSPS) is 11.5. The van der Waals surface area contributed by atoms with Crippen molar-refractivity contribution in [2.45, 2.75) is 13.1 Å². The molecule has 4 nitrogen and oxygen atoms in total. The first-order valence-electron chi connectivity index (χ1n) is 7.66. The van der Waals surface area contributed by atoms with E-state index in [1.54, 1.807) is 25.1 Å². The summed E-state index contributed by atoms with van der Waals surface area (Å²) in [7, 11) is 0. The molecular weight excluding hydrogens is 402 g/mol. The molecule has 1 aromatic heterocycles. The van der Waals surface area contributed by atoms with Crippen molar-refractivity contribution in [3.8, 4) is 5.69 Å². The average molecular weight is 414 g/mol. The van der Waals surface area contributed by atoms with Gasteiger partial charge in [0.2, 0.25) is 0 Å². The van der Waals surface area contributed by atoms with Gasteiger partial charge in [-0.2, -0.15) is 18.3 Å². The zero-order valence-corrected chi connectivity index (χ0v) is 15.3. The van der Waals surface area contributed by atoms with Gasteiger partial charge in [-0.05, 0) is 42.8 Å². The first kappa shape index (κ1) is 19.3. The molecule has 0 aliphatic heterocycles. The summed E-state index contributed by atoms with van der Waals surface area (Å²) in [4.78, 5) is 12.5. The van der Waals surface area contributed by atoms with Crippen LogP contribution in [0.2, 0.25) is 10.0 Å². The lowest BCUT2D eigenvalue weighted by molar-refractivity contribution is -0.143. The first-order valence-corrected chi connectivity index (χ1v) is 8.41. The zero-order valence-electron chi connectivity index (χ0n) is 13.8. The van der Waals surface area contributed by atoms with Gasteiger partial charge >= 0.3 is 6.18 Å². The predicted molar refractivity (Wildman–Crippen MR) is 97.7 cm³/mol. The van der Waals surface area contributed by atoms with E-state index >= 15 is 0 Å². The number of carbonyl (C=O) groups is 1. The molecule has 0 saturated heterocycles.